The van der Waals surface area contributed by atoms with Gasteiger partial charge in [-0.15, -0.1) is 0 Å². The highest BCUT2D eigenvalue weighted by molar-refractivity contribution is 5.94. The van der Waals surface area contributed by atoms with E-state index >= 15 is 0 Å². The molecule has 0 spiro atoms. The molecule has 0 saturated carbocycles. The Labute approximate surface area is 283 Å². The van der Waals surface area contributed by atoms with E-state index in [4.69, 9.17) is 0 Å². The van der Waals surface area contributed by atoms with Crippen molar-refractivity contribution in [2.75, 3.05) is 65.2 Å². The summed E-state index contributed by atoms with van der Waals surface area (Å²) in [5, 5.41) is 6.61. The summed E-state index contributed by atoms with van der Waals surface area (Å²) < 4.78 is 0. The smallest absolute Gasteiger partial charge is 0.254 e. The summed E-state index contributed by atoms with van der Waals surface area (Å²) in [4.78, 5) is 32.2. The maximum atomic E-state index is 13.0. The van der Waals surface area contributed by atoms with Crippen molar-refractivity contribution >= 4 is 17.5 Å². The largest absolute Gasteiger partial charge is 0.385 e. The third kappa shape index (κ3) is 11.2. The summed E-state index contributed by atoms with van der Waals surface area (Å²) in [5.41, 5.74) is 5.87. The molecule has 0 bridgehead atoms. The highest BCUT2D eigenvalue weighted by Crippen LogP contribution is 2.35. The molecule has 7 heteroatoms. The molecular formula is C40H57N5O2. The molecule has 0 aromatic heterocycles. The lowest BCUT2D eigenvalue weighted by Gasteiger charge is -2.34. The Morgan fingerprint density at radius 2 is 1.53 bits per heavy atom. The molecule has 0 aliphatic carbocycles. The van der Waals surface area contributed by atoms with Gasteiger partial charge in [-0.1, -0.05) is 61.0 Å². The molecule has 0 atom stereocenters. The molecule has 0 radical (unpaired) electrons. The number of carbonyl (C=O) groups is 2. The van der Waals surface area contributed by atoms with E-state index in [1.807, 2.05) is 48.2 Å². The first kappa shape index (κ1) is 36.2. The first-order valence-electron chi connectivity index (χ1n) is 17.8. The summed E-state index contributed by atoms with van der Waals surface area (Å²) in [5.74, 6) is 0.910. The molecular weight excluding hydrogens is 582 g/mol. The third-order valence-electron chi connectivity index (χ3n) is 9.49. The zero-order chi connectivity index (χ0) is 33.4. The number of amides is 2. The minimum absolute atomic E-state index is 0.0857. The van der Waals surface area contributed by atoms with Gasteiger partial charge in [-0.2, -0.15) is 0 Å². The highest BCUT2D eigenvalue weighted by Gasteiger charge is 2.23. The van der Waals surface area contributed by atoms with E-state index in [-0.39, 0.29) is 17.9 Å². The SMILES string of the molecule is CNCCCN(C(=O)c1ccc(NCCCCCC(=O)N(C)CCN2CCC(c3ccccc3-c3ccccc3)CC2)cc1)C(C)C. The lowest BCUT2D eigenvalue weighted by atomic mass is 9.84. The van der Waals surface area contributed by atoms with Crippen LogP contribution in [0.2, 0.25) is 0 Å². The minimum atomic E-state index is 0.0857. The number of anilines is 1. The normalized spacial score (nSPS) is 13.9. The van der Waals surface area contributed by atoms with Crippen LogP contribution in [0.15, 0.2) is 78.9 Å². The van der Waals surface area contributed by atoms with Gasteiger partial charge in [0.15, 0.2) is 0 Å². The molecule has 1 saturated heterocycles. The topological polar surface area (TPSA) is 67.9 Å². The predicted molar refractivity (Wildman–Crippen MR) is 196 cm³/mol. The summed E-state index contributed by atoms with van der Waals surface area (Å²) in [6.45, 7) is 10.5. The Bertz CT molecular complexity index is 1350. The van der Waals surface area contributed by atoms with Crippen LogP contribution in [-0.2, 0) is 4.79 Å². The molecule has 3 aromatic carbocycles. The van der Waals surface area contributed by atoms with Gasteiger partial charge in [0, 0.05) is 56.9 Å². The number of hydrogen-bond donors (Lipinski definition) is 2. The number of nitrogens with zero attached hydrogens (tertiary/aromatic N) is 3. The van der Waals surface area contributed by atoms with Crippen LogP contribution in [-0.4, -0.2) is 92.5 Å². The van der Waals surface area contributed by atoms with Crippen LogP contribution >= 0.6 is 0 Å². The molecule has 3 aromatic rings. The van der Waals surface area contributed by atoms with E-state index in [0.717, 1.165) is 95.6 Å². The minimum Gasteiger partial charge on any atom is -0.385 e. The zero-order valence-corrected chi connectivity index (χ0v) is 29.2. The van der Waals surface area contributed by atoms with Gasteiger partial charge in [-0.05, 0) is 120 Å². The van der Waals surface area contributed by atoms with Crippen LogP contribution in [0.3, 0.4) is 0 Å². The van der Waals surface area contributed by atoms with Gasteiger partial charge < -0.3 is 25.3 Å². The number of likely N-dealkylation sites (tertiary alicyclic amines) is 1. The average molecular weight is 640 g/mol. The Hall–Kier alpha value is -3.68. The molecule has 254 valence electrons. The van der Waals surface area contributed by atoms with Crippen molar-refractivity contribution in [1.82, 2.24) is 20.0 Å². The summed E-state index contributed by atoms with van der Waals surface area (Å²) in [7, 11) is 3.88. The van der Waals surface area contributed by atoms with Gasteiger partial charge in [0.05, 0.1) is 0 Å². The van der Waals surface area contributed by atoms with Gasteiger partial charge >= 0.3 is 0 Å². The molecule has 1 aliphatic heterocycles. The first-order valence-corrected chi connectivity index (χ1v) is 17.8. The number of nitrogens with one attached hydrogen (secondary N) is 2. The van der Waals surface area contributed by atoms with Crippen molar-refractivity contribution in [3.63, 3.8) is 0 Å². The number of likely N-dealkylation sites (N-methyl/N-ethyl adjacent to an activating group) is 1. The van der Waals surface area contributed by atoms with Crippen LogP contribution in [0.25, 0.3) is 11.1 Å². The van der Waals surface area contributed by atoms with Crippen molar-refractivity contribution < 1.29 is 9.59 Å². The van der Waals surface area contributed by atoms with Gasteiger partial charge in [-0.25, -0.2) is 0 Å². The number of hydrogen-bond acceptors (Lipinski definition) is 5. The average Bonchev–Trinajstić information content (AvgIpc) is 3.11. The van der Waals surface area contributed by atoms with E-state index in [0.29, 0.717) is 12.3 Å². The number of piperidine rings is 1. The van der Waals surface area contributed by atoms with Crippen LogP contribution in [0.1, 0.15) is 80.6 Å². The van der Waals surface area contributed by atoms with Crippen molar-refractivity contribution in [3.8, 4) is 11.1 Å². The number of carbonyl (C=O) groups excluding carboxylic acids is 2. The summed E-state index contributed by atoms with van der Waals surface area (Å²) >= 11 is 0. The standard InChI is InChI=1S/C40H57N5O2/c1-32(2)45(27-13-25-41-3)40(47)35-19-21-36(22-20-35)42-26-12-6-9-18-39(46)43(4)30-31-44-28-23-34(24-29-44)38-17-11-10-16-37(38)33-14-7-5-8-15-33/h5,7-8,10-11,14-17,19-22,32,34,41-42H,6,9,12-13,18,23-31H2,1-4H3. The Morgan fingerprint density at radius 3 is 2.23 bits per heavy atom. The fourth-order valence-electron chi connectivity index (χ4n) is 6.54. The first-order chi connectivity index (χ1) is 22.9. The van der Waals surface area contributed by atoms with E-state index < -0.39 is 0 Å². The molecule has 47 heavy (non-hydrogen) atoms. The fraction of sp³-hybridized carbons (Fsp3) is 0.500. The summed E-state index contributed by atoms with van der Waals surface area (Å²) in [6.07, 6.45) is 6.78. The Kier molecular flexibility index (Phi) is 14.8. The van der Waals surface area contributed by atoms with Gasteiger partial charge in [0.25, 0.3) is 5.91 Å². The van der Waals surface area contributed by atoms with Crippen LogP contribution in [0, 0.1) is 0 Å². The number of benzene rings is 3. The maximum Gasteiger partial charge on any atom is 0.254 e. The van der Waals surface area contributed by atoms with Gasteiger partial charge in [0.2, 0.25) is 5.91 Å². The van der Waals surface area contributed by atoms with Crippen LogP contribution in [0.5, 0.6) is 0 Å². The molecule has 4 rings (SSSR count). The second-order valence-electron chi connectivity index (χ2n) is 13.2. The van der Waals surface area contributed by atoms with Crippen molar-refractivity contribution in [1.29, 1.82) is 0 Å². The Morgan fingerprint density at radius 1 is 0.830 bits per heavy atom. The van der Waals surface area contributed by atoms with E-state index in [1.54, 1.807) is 0 Å². The molecule has 7 nitrogen and oxygen atoms in total. The second-order valence-corrected chi connectivity index (χ2v) is 13.2. The molecule has 1 aliphatic rings. The zero-order valence-electron chi connectivity index (χ0n) is 29.2. The quantitative estimate of drug-likeness (QED) is 0.145. The van der Waals surface area contributed by atoms with Crippen molar-refractivity contribution in [2.45, 2.75) is 70.8 Å². The lowest BCUT2D eigenvalue weighted by molar-refractivity contribution is -0.130. The number of rotatable bonds is 18. The molecule has 1 fully saturated rings. The monoisotopic (exact) mass is 639 g/mol. The summed E-state index contributed by atoms with van der Waals surface area (Å²) in [6, 6.07) is 27.6. The Balaban J connectivity index is 1.08. The lowest BCUT2D eigenvalue weighted by Crippen LogP contribution is -2.40. The van der Waals surface area contributed by atoms with Crippen molar-refractivity contribution in [3.05, 3.63) is 90.0 Å². The number of unbranched alkanes of at least 4 members (excludes halogenated alkanes) is 2. The van der Waals surface area contributed by atoms with E-state index in [9.17, 15) is 9.59 Å². The fourth-order valence-corrected chi connectivity index (χ4v) is 6.54. The van der Waals surface area contributed by atoms with Gasteiger partial charge in [-0.3, -0.25) is 9.59 Å². The van der Waals surface area contributed by atoms with Gasteiger partial charge in [0.1, 0.15) is 0 Å². The molecule has 2 N–H and O–H groups in total. The second kappa shape index (κ2) is 19.2. The highest BCUT2D eigenvalue weighted by atomic mass is 16.2. The molecule has 1 heterocycles. The van der Waals surface area contributed by atoms with Crippen LogP contribution < -0.4 is 10.6 Å². The predicted octanol–water partition coefficient (Wildman–Crippen LogP) is 7.12. The van der Waals surface area contributed by atoms with Crippen molar-refractivity contribution in [2.24, 2.45) is 0 Å². The molecule has 2 amide bonds. The van der Waals surface area contributed by atoms with E-state index in [2.05, 4.69) is 84.0 Å². The van der Waals surface area contributed by atoms with Crippen LogP contribution in [0.4, 0.5) is 5.69 Å². The molecule has 0 unspecified atom stereocenters. The van der Waals surface area contributed by atoms with E-state index in [1.165, 1.54) is 16.7 Å². The maximum absolute atomic E-state index is 13.0. The third-order valence-corrected chi connectivity index (χ3v) is 9.49.